The van der Waals surface area contributed by atoms with Gasteiger partial charge in [0.05, 0.1) is 5.25 Å². The summed E-state index contributed by atoms with van der Waals surface area (Å²) < 4.78 is 14.2. The largest absolute Gasteiger partial charge is 0.339 e. The summed E-state index contributed by atoms with van der Waals surface area (Å²) in [6.45, 7) is 4.83. The molecule has 1 aromatic carbocycles. The number of carbonyl (C=O) groups excluding carboxylic acids is 2. The Morgan fingerprint density at radius 2 is 1.92 bits per heavy atom. The molecule has 0 aliphatic carbocycles. The maximum Gasteiger partial charge on any atom is 0.242 e. The molecule has 0 bridgehead atoms. The monoisotopic (exact) mass is 351 g/mol. The molecule has 0 aromatic heterocycles. The molecule has 2 atom stereocenters. The van der Waals surface area contributed by atoms with Crippen molar-refractivity contribution in [3.8, 4) is 0 Å². The second kappa shape index (κ2) is 7.11. The van der Waals surface area contributed by atoms with E-state index in [1.54, 1.807) is 30.0 Å². The van der Waals surface area contributed by atoms with E-state index >= 15 is 0 Å². The van der Waals surface area contributed by atoms with Crippen molar-refractivity contribution >= 4 is 23.6 Å². The molecular formula is C17H22FN3O2S. The quantitative estimate of drug-likeness (QED) is 0.829. The van der Waals surface area contributed by atoms with Gasteiger partial charge in [-0.2, -0.15) is 0 Å². The van der Waals surface area contributed by atoms with Crippen molar-refractivity contribution in [2.24, 2.45) is 0 Å². The SMILES string of the molecule is C[C@H]1S[C@H](c2ccccc2F)N(CC(=O)N2CCN(C)CC2)C1=O. The van der Waals surface area contributed by atoms with Gasteiger partial charge in [-0.05, 0) is 20.0 Å². The number of hydrogen-bond donors (Lipinski definition) is 0. The fourth-order valence-corrected chi connectivity index (χ4v) is 4.35. The number of piperazine rings is 1. The predicted octanol–water partition coefficient (Wildman–Crippen LogP) is 1.56. The van der Waals surface area contributed by atoms with Gasteiger partial charge in [-0.3, -0.25) is 9.59 Å². The molecule has 0 spiro atoms. The summed E-state index contributed by atoms with van der Waals surface area (Å²) in [4.78, 5) is 30.5. The standard InChI is InChI=1S/C17H22FN3O2S/c1-12-16(23)21(11-15(22)20-9-7-19(2)8-10-20)17(24-12)13-5-3-4-6-14(13)18/h3-6,12,17H,7-11H2,1-2H3/t12-,17-/m1/s1. The highest BCUT2D eigenvalue weighted by Gasteiger charge is 2.41. The lowest BCUT2D eigenvalue weighted by Gasteiger charge is -2.34. The molecule has 7 heteroatoms. The summed E-state index contributed by atoms with van der Waals surface area (Å²) in [6, 6.07) is 6.46. The van der Waals surface area contributed by atoms with Gasteiger partial charge in [0.1, 0.15) is 17.7 Å². The van der Waals surface area contributed by atoms with Crippen LogP contribution >= 0.6 is 11.8 Å². The van der Waals surface area contributed by atoms with Crippen LogP contribution < -0.4 is 0 Å². The molecular weight excluding hydrogens is 329 g/mol. The summed E-state index contributed by atoms with van der Waals surface area (Å²) in [6.07, 6.45) is 0. The van der Waals surface area contributed by atoms with Crippen LogP contribution in [0.1, 0.15) is 17.9 Å². The van der Waals surface area contributed by atoms with E-state index in [1.165, 1.54) is 22.7 Å². The van der Waals surface area contributed by atoms with Crippen molar-refractivity contribution in [1.29, 1.82) is 0 Å². The molecule has 3 rings (SSSR count). The summed E-state index contributed by atoms with van der Waals surface area (Å²) in [5, 5.41) is -0.708. The van der Waals surface area contributed by atoms with Gasteiger partial charge >= 0.3 is 0 Å². The van der Waals surface area contributed by atoms with Gasteiger partial charge in [-0.15, -0.1) is 11.8 Å². The van der Waals surface area contributed by atoms with Crippen LogP contribution in [-0.4, -0.2) is 71.5 Å². The van der Waals surface area contributed by atoms with Crippen LogP contribution in [0.5, 0.6) is 0 Å². The molecule has 130 valence electrons. The first kappa shape index (κ1) is 17.2. The lowest BCUT2D eigenvalue weighted by atomic mass is 10.2. The third kappa shape index (κ3) is 3.42. The van der Waals surface area contributed by atoms with Crippen LogP contribution in [0, 0.1) is 5.82 Å². The van der Waals surface area contributed by atoms with E-state index in [-0.39, 0.29) is 29.4 Å². The van der Waals surface area contributed by atoms with Gasteiger partial charge in [0.25, 0.3) is 0 Å². The van der Waals surface area contributed by atoms with Gasteiger partial charge in [0.15, 0.2) is 0 Å². The first-order valence-corrected chi connectivity index (χ1v) is 9.08. The zero-order chi connectivity index (χ0) is 17.3. The van der Waals surface area contributed by atoms with Crippen LogP contribution in [0.3, 0.4) is 0 Å². The average molecular weight is 351 g/mol. The predicted molar refractivity (Wildman–Crippen MR) is 92.0 cm³/mol. The Morgan fingerprint density at radius 3 is 2.58 bits per heavy atom. The Bertz CT molecular complexity index is 634. The minimum atomic E-state index is -0.440. The summed E-state index contributed by atoms with van der Waals surface area (Å²) in [5.41, 5.74) is 0.464. The highest BCUT2D eigenvalue weighted by Crippen LogP contribution is 2.43. The second-order valence-electron chi connectivity index (χ2n) is 6.30. The van der Waals surface area contributed by atoms with E-state index in [0.717, 1.165) is 13.1 Å². The molecule has 2 fully saturated rings. The Hall–Kier alpha value is -1.60. The van der Waals surface area contributed by atoms with Crippen molar-refractivity contribution < 1.29 is 14.0 Å². The molecule has 2 amide bonds. The number of likely N-dealkylation sites (N-methyl/N-ethyl adjacent to an activating group) is 1. The summed E-state index contributed by atoms with van der Waals surface area (Å²) in [5.74, 6) is -0.503. The van der Waals surface area contributed by atoms with E-state index in [4.69, 9.17) is 0 Å². The lowest BCUT2D eigenvalue weighted by molar-refractivity contribution is -0.140. The molecule has 0 unspecified atom stereocenters. The zero-order valence-corrected chi connectivity index (χ0v) is 14.8. The highest BCUT2D eigenvalue weighted by molar-refractivity contribution is 8.01. The first-order valence-electron chi connectivity index (χ1n) is 8.14. The van der Waals surface area contributed by atoms with Gasteiger partial charge in [-0.25, -0.2) is 4.39 Å². The number of carbonyl (C=O) groups is 2. The number of nitrogens with zero attached hydrogens (tertiary/aromatic N) is 3. The van der Waals surface area contributed by atoms with Crippen LogP contribution in [-0.2, 0) is 9.59 Å². The van der Waals surface area contributed by atoms with Crippen LogP contribution in [0.15, 0.2) is 24.3 Å². The minimum absolute atomic E-state index is 0.0128. The highest BCUT2D eigenvalue weighted by atomic mass is 32.2. The topological polar surface area (TPSA) is 43.9 Å². The number of amides is 2. The van der Waals surface area contributed by atoms with Crippen molar-refractivity contribution in [2.45, 2.75) is 17.5 Å². The van der Waals surface area contributed by atoms with E-state index in [9.17, 15) is 14.0 Å². The average Bonchev–Trinajstić information content (AvgIpc) is 2.84. The molecule has 1 aromatic rings. The molecule has 0 radical (unpaired) electrons. The molecule has 0 saturated carbocycles. The van der Waals surface area contributed by atoms with Gasteiger partial charge < -0.3 is 14.7 Å². The molecule has 24 heavy (non-hydrogen) atoms. The van der Waals surface area contributed by atoms with E-state index < -0.39 is 5.37 Å². The van der Waals surface area contributed by atoms with Crippen LogP contribution in [0.2, 0.25) is 0 Å². The van der Waals surface area contributed by atoms with Crippen molar-refractivity contribution in [3.05, 3.63) is 35.6 Å². The molecule has 2 saturated heterocycles. The summed E-state index contributed by atoms with van der Waals surface area (Å²) >= 11 is 1.40. The van der Waals surface area contributed by atoms with Gasteiger partial charge in [0.2, 0.25) is 11.8 Å². The molecule has 2 aliphatic heterocycles. The zero-order valence-electron chi connectivity index (χ0n) is 13.9. The number of hydrogen-bond acceptors (Lipinski definition) is 4. The minimum Gasteiger partial charge on any atom is -0.339 e. The molecule has 2 heterocycles. The van der Waals surface area contributed by atoms with Crippen molar-refractivity contribution in [3.63, 3.8) is 0 Å². The van der Waals surface area contributed by atoms with Gasteiger partial charge in [0, 0.05) is 31.7 Å². The fourth-order valence-electron chi connectivity index (χ4n) is 3.05. The number of benzene rings is 1. The van der Waals surface area contributed by atoms with E-state index in [1.807, 2.05) is 7.05 Å². The van der Waals surface area contributed by atoms with E-state index in [0.29, 0.717) is 18.7 Å². The van der Waals surface area contributed by atoms with Crippen molar-refractivity contribution in [1.82, 2.24) is 14.7 Å². The molecule has 5 nitrogen and oxygen atoms in total. The fraction of sp³-hybridized carbons (Fsp3) is 0.529. The third-order valence-corrected chi connectivity index (χ3v) is 5.96. The van der Waals surface area contributed by atoms with Gasteiger partial charge in [-0.1, -0.05) is 18.2 Å². The molecule has 0 N–H and O–H groups in total. The Labute approximate surface area is 145 Å². The number of halogens is 1. The Morgan fingerprint density at radius 1 is 1.25 bits per heavy atom. The van der Waals surface area contributed by atoms with Crippen molar-refractivity contribution in [2.75, 3.05) is 39.8 Å². The maximum absolute atomic E-state index is 14.2. The maximum atomic E-state index is 14.2. The number of rotatable bonds is 3. The lowest BCUT2D eigenvalue weighted by Crippen LogP contribution is -2.50. The van der Waals surface area contributed by atoms with Crippen LogP contribution in [0.25, 0.3) is 0 Å². The smallest absolute Gasteiger partial charge is 0.242 e. The number of thioether (sulfide) groups is 1. The molecule has 2 aliphatic rings. The second-order valence-corrected chi connectivity index (χ2v) is 7.73. The first-order chi connectivity index (χ1) is 11.5. The Kier molecular flexibility index (Phi) is 5.10. The normalized spacial score (nSPS) is 25.4. The Balaban J connectivity index is 1.75. The van der Waals surface area contributed by atoms with Crippen LogP contribution in [0.4, 0.5) is 4.39 Å². The summed E-state index contributed by atoms with van der Waals surface area (Å²) in [7, 11) is 2.03. The third-order valence-electron chi connectivity index (χ3n) is 4.58. The van der Waals surface area contributed by atoms with E-state index in [2.05, 4.69) is 4.90 Å².